The summed E-state index contributed by atoms with van der Waals surface area (Å²) in [5, 5.41) is 4.25. The summed E-state index contributed by atoms with van der Waals surface area (Å²) >= 11 is 3.41. The third-order valence-corrected chi connectivity index (χ3v) is 9.08. The Hall–Kier alpha value is -3.26. The van der Waals surface area contributed by atoms with Crippen LogP contribution >= 0.6 is 15.9 Å². The van der Waals surface area contributed by atoms with Crippen molar-refractivity contribution in [3.63, 3.8) is 0 Å². The molecular weight excluding hydrogens is 546 g/mol. The van der Waals surface area contributed by atoms with Crippen molar-refractivity contribution >= 4 is 32.0 Å². The maximum absolute atomic E-state index is 13.8. The maximum Gasteiger partial charge on any atom is 0.243 e. The smallest absolute Gasteiger partial charge is 0.243 e. The fraction of sp³-hybridized carbons (Fsp3) is 0.167. The Morgan fingerprint density at radius 3 is 2.35 bits per heavy atom. The number of benzene rings is 3. The number of nitrogens with zero attached hydrogens (tertiary/aromatic N) is 3. The molecule has 3 aromatic carbocycles. The predicted molar refractivity (Wildman–Crippen MR) is 152 cm³/mol. The maximum atomic E-state index is 13.8. The molecule has 2 atom stereocenters. The molecule has 1 aromatic heterocycles. The van der Waals surface area contributed by atoms with Gasteiger partial charge in [0.1, 0.15) is 0 Å². The van der Waals surface area contributed by atoms with E-state index in [1.54, 1.807) is 39.3 Å². The summed E-state index contributed by atoms with van der Waals surface area (Å²) in [6.45, 7) is 4.02. The van der Waals surface area contributed by atoms with Gasteiger partial charge in [0, 0.05) is 41.8 Å². The third kappa shape index (κ3) is 5.69. The summed E-state index contributed by atoms with van der Waals surface area (Å²) in [5.74, 6) is 0.156. The predicted octanol–water partition coefficient (Wildman–Crippen LogP) is 6.80. The van der Waals surface area contributed by atoms with E-state index in [0.29, 0.717) is 11.4 Å². The van der Waals surface area contributed by atoms with E-state index in [0.717, 1.165) is 38.7 Å². The molecule has 1 fully saturated rings. The number of aryl methyl sites for hydroxylation is 1. The van der Waals surface area contributed by atoms with E-state index < -0.39 is 10.0 Å². The molecule has 5 nitrogen and oxygen atoms in total. The molecule has 1 aliphatic carbocycles. The monoisotopic (exact) mass is 573 g/mol. The number of hydrogen-bond donors (Lipinski definition) is 0. The largest absolute Gasteiger partial charge is 0.275 e. The van der Waals surface area contributed by atoms with Gasteiger partial charge in [-0.25, -0.2) is 8.42 Å². The highest BCUT2D eigenvalue weighted by Crippen LogP contribution is 2.47. The number of aromatic nitrogens is 2. The van der Waals surface area contributed by atoms with Crippen molar-refractivity contribution in [2.45, 2.75) is 29.8 Å². The average Bonchev–Trinajstić information content (AvgIpc) is 3.58. The Bertz CT molecular complexity index is 1520. The Morgan fingerprint density at radius 2 is 1.73 bits per heavy atom. The van der Waals surface area contributed by atoms with Gasteiger partial charge in [-0.1, -0.05) is 89.3 Å². The summed E-state index contributed by atoms with van der Waals surface area (Å²) in [6.07, 6.45) is 10.2. The van der Waals surface area contributed by atoms with Gasteiger partial charge in [-0.15, -0.1) is 0 Å². The molecule has 2 unspecified atom stereocenters. The Kier molecular flexibility index (Phi) is 7.29. The highest BCUT2D eigenvalue weighted by molar-refractivity contribution is 9.10. The van der Waals surface area contributed by atoms with Crippen LogP contribution in [0.25, 0.3) is 17.2 Å². The molecule has 0 bridgehead atoms. The second-order valence-corrected chi connectivity index (χ2v) is 12.1. The molecule has 7 heteroatoms. The first-order valence-electron chi connectivity index (χ1n) is 12.1. The van der Waals surface area contributed by atoms with Crippen molar-refractivity contribution in [3.05, 3.63) is 125 Å². The van der Waals surface area contributed by atoms with Gasteiger partial charge in [-0.3, -0.25) is 4.68 Å². The van der Waals surface area contributed by atoms with Crippen LogP contribution in [-0.4, -0.2) is 28.5 Å². The molecule has 0 saturated heterocycles. The summed E-state index contributed by atoms with van der Waals surface area (Å²) in [4.78, 5) is 0.304. The standard InChI is InChI=1S/C30H28BrN3O2S/c1-3-4-5-22-6-8-23(9-7-22)20-34(37(35,36)28-16-14-27(31)15-17-28)30-18-29(30)25-12-10-24(11-13-25)26-19-32-33(2)21-26/h3-17,19,21,29-30H,1,18,20H2,2H3/b5-4+. The SMILES string of the molecule is C=C/C=C/c1ccc(CN(C2CC2c2ccc(-c3cnn(C)c3)cc2)S(=O)(=O)c2ccc(Br)cc2)cc1. The van der Waals surface area contributed by atoms with Gasteiger partial charge < -0.3 is 0 Å². The minimum atomic E-state index is -3.69. The van der Waals surface area contributed by atoms with E-state index in [4.69, 9.17) is 0 Å². The first kappa shape index (κ1) is 25.4. The highest BCUT2D eigenvalue weighted by Gasteiger charge is 2.47. The van der Waals surface area contributed by atoms with Crippen molar-refractivity contribution in [1.82, 2.24) is 14.1 Å². The van der Waals surface area contributed by atoms with E-state index >= 15 is 0 Å². The van der Waals surface area contributed by atoms with Crippen molar-refractivity contribution in [2.24, 2.45) is 7.05 Å². The molecule has 0 aliphatic heterocycles. The lowest BCUT2D eigenvalue weighted by atomic mass is 10.0. The zero-order valence-corrected chi connectivity index (χ0v) is 22.9. The first-order valence-corrected chi connectivity index (χ1v) is 14.3. The number of allylic oxidation sites excluding steroid dienone is 2. The molecule has 0 spiro atoms. The van der Waals surface area contributed by atoms with Crippen LogP contribution in [0.4, 0.5) is 0 Å². The van der Waals surface area contributed by atoms with Crippen LogP contribution in [0.1, 0.15) is 29.0 Å². The second kappa shape index (κ2) is 10.6. The van der Waals surface area contributed by atoms with Gasteiger partial charge in [0.05, 0.1) is 11.1 Å². The van der Waals surface area contributed by atoms with E-state index in [1.165, 1.54) is 0 Å². The topological polar surface area (TPSA) is 55.2 Å². The van der Waals surface area contributed by atoms with Gasteiger partial charge >= 0.3 is 0 Å². The fourth-order valence-corrected chi connectivity index (χ4v) is 6.49. The molecule has 37 heavy (non-hydrogen) atoms. The van der Waals surface area contributed by atoms with Gasteiger partial charge in [-0.05, 0) is 52.9 Å². The molecule has 1 aliphatic rings. The second-order valence-electron chi connectivity index (χ2n) is 9.27. The molecule has 1 heterocycles. The quantitative estimate of drug-likeness (QED) is 0.207. The zero-order valence-electron chi connectivity index (χ0n) is 20.5. The zero-order chi connectivity index (χ0) is 26.0. The Morgan fingerprint density at radius 1 is 1.03 bits per heavy atom. The van der Waals surface area contributed by atoms with Crippen molar-refractivity contribution in [3.8, 4) is 11.1 Å². The van der Waals surface area contributed by atoms with E-state index in [1.807, 2.05) is 55.9 Å². The molecule has 1 saturated carbocycles. The fourth-order valence-electron chi connectivity index (χ4n) is 4.57. The first-order chi connectivity index (χ1) is 17.8. The van der Waals surface area contributed by atoms with Crippen LogP contribution < -0.4 is 0 Å². The van der Waals surface area contributed by atoms with Crippen LogP contribution in [0.2, 0.25) is 0 Å². The summed E-state index contributed by atoms with van der Waals surface area (Å²) in [5.41, 5.74) is 5.31. The van der Waals surface area contributed by atoms with Crippen molar-refractivity contribution in [1.29, 1.82) is 0 Å². The number of hydrogen-bond acceptors (Lipinski definition) is 3. The van der Waals surface area contributed by atoms with Crippen LogP contribution in [0.3, 0.4) is 0 Å². The molecule has 5 rings (SSSR count). The van der Waals surface area contributed by atoms with E-state index in [9.17, 15) is 8.42 Å². The van der Waals surface area contributed by atoms with Gasteiger partial charge in [0.15, 0.2) is 0 Å². The van der Waals surface area contributed by atoms with E-state index in [-0.39, 0.29) is 12.0 Å². The molecule has 4 aromatic rings. The summed E-state index contributed by atoms with van der Waals surface area (Å²) in [6, 6.07) is 23.2. The van der Waals surface area contributed by atoms with Crippen LogP contribution in [0, 0.1) is 0 Å². The lowest BCUT2D eigenvalue weighted by molar-refractivity contribution is 0.393. The van der Waals surface area contributed by atoms with E-state index in [2.05, 4.69) is 51.9 Å². The van der Waals surface area contributed by atoms with Gasteiger partial charge in [-0.2, -0.15) is 9.40 Å². The molecular formula is C30H28BrN3O2S. The highest BCUT2D eigenvalue weighted by atomic mass is 79.9. The normalized spacial score (nSPS) is 17.4. The van der Waals surface area contributed by atoms with Crippen molar-refractivity contribution in [2.75, 3.05) is 0 Å². The Balaban J connectivity index is 1.41. The average molecular weight is 575 g/mol. The number of rotatable bonds is 9. The van der Waals surface area contributed by atoms with Crippen LogP contribution in [-0.2, 0) is 23.6 Å². The van der Waals surface area contributed by atoms with Crippen LogP contribution in [0.15, 0.2) is 113 Å². The third-order valence-electron chi connectivity index (χ3n) is 6.67. The lowest BCUT2D eigenvalue weighted by Gasteiger charge is -2.23. The number of sulfonamides is 1. The summed E-state index contributed by atoms with van der Waals surface area (Å²) < 4.78 is 32.0. The van der Waals surface area contributed by atoms with Crippen LogP contribution in [0.5, 0.6) is 0 Å². The summed E-state index contributed by atoms with van der Waals surface area (Å²) in [7, 11) is -1.79. The minimum Gasteiger partial charge on any atom is -0.275 e. The van der Waals surface area contributed by atoms with Gasteiger partial charge in [0.2, 0.25) is 10.0 Å². The molecule has 0 radical (unpaired) electrons. The Labute approximate surface area is 226 Å². The lowest BCUT2D eigenvalue weighted by Crippen LogP contribution is -2.33. The molecule has 0 N–H and O–H groups in total. The minimum absolute atomic E-state index is 0.0989. The number of halogens is 1. The molecule has 0 amide bonds. The van der Waals surface area contributed by atoms with Crippen molar-refractivity contribution < 1.29 is 8.42 Å². The van der Waals surface area contributed by atoms with Gasteiger partial charge in [0.25, 0.3) is 0 Å². The molecule has 188 valence electrons.